The molecule has 0 spiro atoms. The van der Waals surface area contributed by atoms with E-state index in [1.54, 1.807) is 0 Å². The molecule has 2 N–H and O–H groups in total. The summed E-state index contributed by atoms with van der Waals surface area (Å²) in [4.78, 5) is 0. The zero-order valence-electron chi connectivity index (χ0n) is 16.3. The second-order valence-corrected chi connectivity index (χ2v) is 9.31. The summed E-state index contributed by atoms with van der Waals surface area (Å²) in [5, 5.41) is 3.39. The molecule has 0 aromatic carbocycles. The van der Waals surface area contributed by atoms with E-state index in [4.69, 9.17) is 4.55 Å². The molecular formula is C19H41NO3S. The first kappa shape index (κ1) is 23.9. The van der Waals surface area contributed by atoms with Crippen LogP contribution in [0.2, 0.25) is 0 Å². The lowest BCUT2D eigenvalue weighted by Crippen LogP contribution is -2.41. The lowest BCUT2D eigenvalue weighted by atomic mass is 10.0. The largest absolute Gasteiger partial charge is 0.312 e. The van der Waals surface area contributed by atoms with Gasteiger partial charge in [-0.15, -0.1) is 0 Å². The van der Waals surface area contributed by atoms with Crippen molar-refractivity contribution in [3.8, 4) is 0 Å². The third-order valence-electron chi connectivity index (χ3n) is 4.62. The maximum absolute atomic E-state index is 10.8. The maximum Gasteiger partial charge on any atom is 0.264 e. The zero-order chi connectivity index (χ0) is 18.3. The molecule has 24 heavy (non-hydrogen) atoms. The summed E-state index contributed by atoms with van der Waals surface area (Å²) in [6.45, 7) is 7.14. The fourth-order valence-electron chi connectivity index (χ4n) is 2.87. The van der Waals surface area contributed by atoms with Gasteiger partial charge in [0.2, 0.25) is 0 Å². The van der Waals surface area contributed by atoms with Gasteiger partial charge < -0.3 is 5.32 Å². The Morgan fingerprint density at radius 2 is 1.21 bits per heavy atom. The molecule has 0 saturated heterocycles. The van der Waals surface area contributed by atoms with Crippen LogP contribution in [0.15, 0.2) is 0 Å². The summed E-state index contributed by atoms with van der Waals surface area (Å²) >= 11 is 0. The second-order valence-electron chi connectivity index (χ2n) is 7.74. The van der Waals surface area contributed by atoms with Crippen LogP contribution in [0.5, 0.6) is 0 Å². The van der Waals surface area contributed by atoms with Gasteiger partial charge in [0, 0.05) is 5.54 Å². The number of hydrogen-bond donors (Lipinski definition) is 2. The molecule has 0 unspecified atom stereocenters. The van der Waals surface area contributed by atoms with E-state index in [9.17, 15) is 8.42 Å². The first-order chi connectivity index (χ1) is 11.3. The van der Waals surface area contributed by atoms with Crippen LogP contribution in [0.25, 0.3) is 0 Å². The summed E-state index contributed by atoms with van der Waals surface area (Å²) in [6.07, 6.45) is 16.5. The third-order valence-corrected chi connectivity index (χ3v) is 5.34. The zero-order valence-corrected chi connectivity index (χ0v) is 17.1. The van der Waals surface area contributed by atoms with Crippen LogP contribution < -0.4 is 5.32 Å². The van der Waals surface area contributed by atoms with Gasteiger partial charge in [0.1, 0.15) is 0 Å². The SMILES string of the molecule is CCCCCCCCCCCCCCNC(C)(C)CCS(=O)(=O)O. The Labute approximate surface area is 150 Å². The van der Waals surface area contributed by atoms with Gasteiger partial charge in [0.05, 0.1) is 5.75 Å². The average molecular weight is 364 g/mol. The van der Waals surface area contributed by atoms with E-state index in [1.807, 2.05) is 13.8 Å². The van der Waals surface area contributed by atoms with Gasteiger partial charge in [-0.25, -0.2) is 0 Å². The van der Waals surface area contributed by atoms with E-state index < -0.39 is 10.1 Å². The molecule has 0 saturated carbocycles. The Morgan fingerprint density at radius 3 is 1.62 bits per heavy atom. The van der Waals surface area contributed by atoms with Crippen molar-refractivity contribution in [1.82, 2.24) is 5.32 Å². The van der Waals surface area contributed by atoms with Gasteiger partial charge in [-0.1, -0.05) is 77.6 Å². The smallest absolute Gasteiger partial charge is 0.264 e. The molecule has 5 heteroatoms. The highest BCUT2D eigenvalue weighted by molar-refractivity contribution is 7.85. The second kappa shape index (κ2) is 14.1. The van der Waals surface area contributed by atoms with Gasteiger partial charge in [0.15, 0.2) is 0 Å². The maximum atomic E-state index is 10.8. The predicted molar refractivity (Wildman–Crippen MR) is 104 cm³/mol. The van der Waals surface area contributed by atoms with Crippen molar-refractivity contribution >= 4 is 10.1 Å². The number of unbranched alkanes of at least 4 members (excludes halogenated alkanes) is 11. The molecule has 0 atom stereocenters. The summed E-state index contributed by atoms with van der Waals surface area (Å²) in [5.74, 6) is -0.175. The van der Waals surface area contributed by atoms with Crippen LogP contribution >= 0.6 is 0 Å². The van der Waals surface area contributed by atoms with E-state index in [0.29, 0.717) is 6.42 Å². The summed E-state index contributed by atoms with van der Waals surface area (Å²) < 4.78 is 30.4. The predicted octanol–water partition coefficient (Wildman–Crippen LogP) is 5.33. The summed E-state index contributed by atoms with van der Waals surface area (Å²) in [6, 6.07) is 0. The molecule has 0 fully saturated rings. The van der Waals surface area contributed by atoms with Crippen LogP contribution in [0.4, 0.5) is 0 Å². The van der Waals surface area contributed by atoms with Gasteiger partial charge in [-0.05, 0) is 33.2 Å². The van der Waals surface area contributed by atoms with E-state index in [0.717, 1.165) is 13.0 Å². The first-order valence-corrected chi connectivity index (χ1v) is 11.6. The lowest BCUT2D eigenvalue weighted by Gasteiger charge is -2.25. The fourth-order valence-corrected chi connectivity index (χ4v) is 3.63. The van der Waals surface area contributed by atoms with Crippen molar-refractivity contribution < 1.29 is 13.0 Å². The third kappa shape index (κ3) is 18.2. The monoisotopic (exact) mass is 363 g/mol. The van der Waals surface area contributed by atoms with Crippen LogP contribution in [-0.2, 0) is 10.1 Å². The van der Waals surface area contributed by atoms with E-state index in [2.05, 4.69) is 12.2 Å². The van der Waals surface area contributed by atoms with Crippen molar-refractivity contribution in [1.29, 1.82) is 0 Å². The van der Waals surface area contributed by atoms with Crippen LogP contribution in [-0.4, -0.2) is 30.8 Å². The molecule has 0 aliphatic carbocycles. The van der Waals surface area contributed by atoms with Gasteiger partial charge in [0.25, 0.3) is 10.1 Å². The highest BCUT2D eigenvalue weighted by Gasteiger charge is 2.19. The summed E-state index contributed by atoms with van der Waals surface area (Å²) in [7, 11) is -3.85. The standard InChI is InChI=1S/C19H41NO3S/c1-4-5-6-7-8-9-10-11-12-13-14-15-17-20-19(2,3)16-18-24(21,22)23/h20H,4-18H2,1-3H3,(H,21,22,23). The quantitative estimate of drug-likeness (QED) is 0.271. The highest BCUT2D eigenvalue weighted by Crippen LogP contribution is 2.13. The van der Waals surface area contributed by atoms with Crippen molar-refractivity contribution in [3.63, 3.8) is 0 Å². The Morgan fingerprint density at radius 1 is 0.792 bits per heavy atom. The van der Waals surface area contributed by atoms with E-state index >= 15 is 0 Å². The van der Waals surface area contributed by atoms with Gasteiger partial charge in [-0.3, -0.25) is 4.55 Å². The molecule has 0 aliphatic rings. The van der Waals surface area contributed by atoms with Gasteiger partial charge in [-0.2, -0.15) is 8.42 Å². The molecule has 0 bridgehead atoms. The van der Waals surface area contributed by atoms with Crippen molar-refractivity contribution in [3.05, 3.63) is 0 Å². The van der Waals surface area contributed by atoms with Gasteiger partial charge >= 0.3 is 0 Å². The Hall–Kier alpha value is -0.130. The van der Waals surface area contributed by atoms with Crippen molar-refractivity contribution in [2.45, 2.75) is 110 Å². The van der Waals surface area contributed by atoms with E-state index in [-0.39, 0.29) is 11.3 Å². The minimum atomic E-state index is -3.85. The molecule has 0 radical (unpaired) electrons. The van der Waals surface area contributed by atoms with Crippen molar-refractivity contribution in [2.75, 3.05) is 12.3 Å². The minimum Gasteiger partial charge on any atom is -0.312 e. The number of rotatable bonds is 17. The number of nitrogens with one attached hydrogen (secondary N) is 1. The van der Waals surface area contributed by atoms with Crippen LogP contribution in [0, 0.1) is 0 Å². The molecule has 0 aromatic rings. The Balaban J connectivity index is 3.35. The molecule has 4 nitrogen and oxygen atoms in total. The molecule has 0 heterocycles. The molecule has 0 aliphatic heterocycles. The summed E-state index contributed by atoms with van der Waals surface area (Å²) in [5.41, 5.74) is -0.242. The first-order valence-electron chi connectivity index (χ1n) is 9.97. The normalized spacial score (nSPS) is 12.7. The Kier molecular flexibility index (Phi) is 14.0. The molecular weight excluding hydrogens is 322 g/mol. The molecule has 0 amide bonds. The topological polar surface area (TPSA) is 66.4 Å². The Bertz CT molecular complexity index is 380. The minimum absolute atomic E-state index is 0.175. The molecule has 146 valence electrons. The number of hydrogen-bond acceptors (Lipinski definition) is 3. The lowest BCUT2D eigenvalue weighted by molar-refractivity contribution is 0.365. The van der Waals surface area contributed by atoms with Crippen LogP contribution in [0.1, 0.15) is 104 Å². The molecule has 0 aromatic heterocycles. The van der Waals surface area contributed by atoms with Crippen molar-refractivity contribution in [2.24, 2.45) is 0 Å². The average Bonchev–Trinajstić information content (AvgIpc) is 2.49. The fraction of sp³-hybridized carbons (Fsp3) is 1.00. The molecule has 0 rings (SSSR count). The van der Waals surface area contributed by atoms with Crippen LogP contribution in [0.3, 0.4) is 0 Å². The highest BCUT2D eigenvalue weighted by atomic mass is 32.2. The van der Waals surface area contributed by atoms with E-state index in [1.165, 1.54) is 70.6 Å².